The van der Waals surface area contributed by atoms with Gasteiger partial charge in [-0.1, -0.05) is 18.2 Å². The van der Waals surface area contributed by atoms with E-state index in [0.717, 1.165) is 27.9 Å². The maximum atomic E-state index is 12.6. The van der Waals surface area contributed by atoms with Crippen LogP contribution in [0.25, 0.3) is 17.0 Å². The molecule has 1 atom stereocenters. The van der Waals surface area contributed by atoms with Crippen molar-refractivity contribution in [1.29, 1.82) is 0 Å². The number of hydrogen-bond donors (Lipinski definition) is 3. The van der Waals surface area contributed by atoms with Gasteiger partial charge in [0.25, 0.3) is 0 Å². The number of furan rings is 1. The predicted molar refractivity (Wildman–Crippen MR) is 129 cm³/mol. The Bertz CT molecular complexity index is 1330. The number of aliphatic hydroxyl groups excluding tert-OH is 1. The number of rotatable bonds is 4. The summed E-state index contributed by atoms with van der Waals surface area (Å²) in [5.41, 5.74) is 1.81. The van der Waals surface area contributed by atoms with E-state index in [-0.39, 0.29) is 5.91 Å². The predicted octanol–water partition coefficient (Wildman–Crippen LogP) is 4.34. The van der Waals surface area contributed by atoms with Crippen LogP contribution >= 0.6 is 0 Å². The highest BCUT2D eigenvalue weighted by Gasteiger charge is 2.38. The molecule has 0 radical (unpaired) electrons. The van der Waals surface area contributed by atoms with Crippen LogP contribution in [0.3, 0.4) is 0 Å². The van der Waals surface area contributed by atoms with E-state index in [9.17, 15) is 23.1 Å². The van der Waals surface area contributed by atoms with Crippen molar-refractivity contribution >= 4 is 34.7 Å². The van der Waals surface area contributed by atoms with Gasteiger partial charge < -0.3 is 29.6 Å². The lowest BCUT2D eigenvalue weighted by Gasteiger charge is -2.37. The summed E-state index contributed by atoms with van der Waals surface area (Å²) >= 11 is 0. The Kier molecular flexibility index (Phi) is 7.82. The number of aromatic nitrogens is 1. The number of aliphatic hydroxyl groups is 1. The van der Waals surface area contributed by atoms with Gasteiger partial charge in [0, 0.05) is 30.3 Å². The molecule has 1 aliphatic heterocycles. The molecule has 0 saturated heterocycles. The number of carbonyl (C=O) groups is 2. The van der Waals surface area contributed by atoms with Gasteiger partial charge >= 0.3 is 12.1 Å². The number of amides is 1. The van der Waals surface area contributed by atoms with Gasteiger partial charge in [-0.3, -0.25) is 4.79 Å². The van der Waals surface area contributed by atoms with E-state index in [1.807, 2.05) is 31.2 Å². The number of halogens is 3. The number of carboxylic acid groups (broad SMARTS) is 1. The van der Waals surface area contributed by atoms with Gasteiger partial charge in [-0.05, 0) is 44.5 Å². The molecule has 0 bridgehead atoms. The molecule has 0 aliphatic carbocycles. The lowest BCUT2D eigenvalue weighted by atomic mass is 10.1. The summed E-state index contributed by atoms with van der Waals surface area (Å²) in [4.78, 5) is 27.4. The van der Waals surface area contributed by atoms with E-state index < -0.39 is 24.0 Å². The summed E-state index contributed by atoms with van der Waals surface area (Å²) in [6.07, 6.45) is -1.12. The second kappa shape index (κ2) is 10.5. The van der Waals surface area contributed by atoms with Crippen LogP contribution in [0.15, 0.2) is 47.0 Å². The van der Waals surface area contributed by atoms with Gasteiger partial charge in [-0.15, -0.1) is 0 Å². The van der Waals surface area contributed by atoms with Crippen LogP contribution in [0.1, 0.15) is 30.7 Å². The molecule has 1 amide bonds. The normalized spacial score (nSPS) is 16.3. The van der Waals surface area contributed by atoms with Crippen molar-refractivity contribution in [3.8, 4) is 5.75 Å². The first-order valence-electron chi connectivity index (χ1n) is 11.0. The Hall–Kier alpha value is -4.06. The van der Waals surface area contributed by atoms with Crippen molar-refractivity contribution in [3.05, 3.63) is 59.5 Å². The first-order chi connectivity index (χ1) is 17.2. The molecule has 1 aromatic carbocycles. The molecule has 0 saturated carbocycles. The van der Waals surface area contributed by atoms with Crippen LogP contribution < -0.4 is 10.1 Å². The Morgan fingerprint density at radius 3 is 2.54 bits per heavy atom. The molecule has 2 aromatic heterocycles. The highest BCUT2D eigenvalue weighted by atomic mass is 19.4. The zero-order valence-electron chi connectivity index (χ0n) is 20.5. The molecule has 9 nitrogen and oxygen atoms in total. The number of fused-ring (bicyclic) bond motifs is 2. The number of carbonyl (C=O) groups excluding carboxylic acids is 1. The fraction of sp³-hybridized carbons (Fsp3) is 0.320. The van der Waals surface area contributed by atoms with E-state index >= 15 is 0 Å². The second-order valence-corrected chi connectivity index (χ2v) is 8.84. The third-order valence-electron chi connectivity index (χ3n) is 5.54. The van der Waals surface area contributed by atoms with E-state index in [0.29, 0.717) is 18.1 Å². The molecule has 0 fully saturated rings. The SMILES string of the molecule is Cc1c(CN(C)C(=O)C=Cc2cnc3c(c2)OC(C)(C)C(O)N3)oc2ccccc12.O=C(O)C(F)(F)F. The van der Waals surface area contributed by atoms with Crippen molar-refractivity contribution in [2.24, 2.45) is 0 Å². The van der Waals surface area contributed by atoms with E-state index in [1.54, 1.807) is 44.1 Å². The van der Waals surface area contributed by atoms with Gasteiger partial charge in [0.05, 0.1) is 6.54 Å². The number of aliphatic carboxylic acids is 1. The van der Waals surface area contributed by atoms with Gasteiger partial charge in [-0.2, -0.15) is 13.2 Å². The number of alkyl halides is 3. The molecule has 198 valence electrons. The number of nitrogens with zero attached hydrogens (tertiary/aromatic N) is 2. The summed E-state index contributed by atoms with van der Waals surface area (Å²) < 4.78 is 43.5. The Balaban J connectivity index is 0.000000479. The number of carboxylic acids is 1. The highest BCUT2D eigenvalue weighted by molar-refractivity contribution is 5.91. The average molecular weight is 521 g/mol. The maximum absolute atomic E-state index is 12.6. The topological polar surface area (TPSA) is 125 Å². The van der Waals surface area contributed by atoms with Gasteiger partial charge in [0.2, 0.25) is 5.91 Å². The molecular weight excluding hydrogens is 495 g/mol. The number of ether oxygens (including phenoxy) is 1. The van der Waals surface area contributed by atoms with Gasteiger partial charge in [0.1, 0.15) is 16.9 Å². The second-order valence-electron chi connectivity index (χ2n) is 8.84. The van der Waals surface area contributed by atoms with Crippen LogP contribution in [-0.2, 0) is 16.1 Å². The molecule has 0 spiro atoms. The Morgan fingerprint density at radius 2 is 1.92 bits per heavy atom. The van der Waals surface area contributed by atoms with Crippen molar-refractivity contribution in [3.63, 3.8) is 0 Å². The first kappa shape index (κ1) is 27.5. The quantitative estimate of drug-likeness (QED) is 0.433. The zero-order chi connectivity index (χ0) is 27.5. The molecule has 1 aliphatic rings. The Labute approximate surface area is 210 Å². The Morgan fingerprint density at radius 1 is 1.27 bits per heavy atom. The van der Waals surface area contributed by atoms with Crippen LogP contribution in [0.4, 0.5) is 19.0 Å². The number of likely N-dealkylation sites (N-methyl/N-ethyl adjacent to an activating group) is 1. The summed E-state index contributed by atoms with van der Waals surface area (Å²) in [7, 11) is 1.74. The molecule has 1 unspecified atom stereocenters. The number of aryl methyl sites for hydroxylation is 1. The van der Waals surface area contributed by atoms with Gasteiger partial charge in [0.15, 0.2) is 17.8 Å². The van der Waals surface area contributed by atoms with Crippen LogP contribution in [-0.4, -0.2) is 57.0 Å². The van der Waals surface area contributed by atoms with Crippen LogP contribution in [0.2, 0.25) is 0 Å². The number of anilines is 1. The van der Waals surface area contributed by atoms with E-state index in [4.69, 9.17) is 19.1 Å². The molecular formula is C25H26F3N3O6. The van der Waals surface area contributed by atoms with Crippen molar-refractivity contribution < 1.29 is 42.1 Å². The van der Waals surface area contributed by atoms with E-state index in [2.05, 4.69) is 10.3 Å². The van der Waals surface area contributed by atoms with Crippen molar-refractivity contribution in [2.45, 2.75) is 45.3 Å². The van der Waals surface area contributed by atoms with E-state index in [1.165, 1.54) is 6.08 Å². The van der Waals surface area contributed by atoms with Crippen LogP contribution in [0, 0.1) is 6.92 Å². The third-order valence-corrected chi connectivity index (χ3v) is 5.54. The number of hydrogen-bond acceptors (Lipinski definition) is 7. The maximum Gasteiger partial charge on any atom is 0.490 e. The fourth-order valence-corrected chi connectivity index (χ4v) is 3.34. The number of pyridine rings is 1. The fourth-order valence-electron chi connectivity index (χ4n) is 3.34. The van der Waals surface area contributed by atoms with Gasteiger partial charge in [-0.25, -0.2) is 9.78 Å². The lowest BCUT2D eigenvalue weighted by Crippen LogP contribution is -2.49. The standard InChI is InChI=1S/C23H25N3O4.C2HF3O2/c1-14-16-7-5-6-8-17(16)29-19(14)13-26(4)20(27)10-9-15-11-18-21(24-12-15)25-22(28)23(2,3)30-18;3-2(4,5)1(6)7/h5-12,22,28H,13H2,1-4H3,(H,24,25);(H,6,7). The minimum Gasteiger partial charge on any atom is -0.479 e. The van der Waals surface area contributed by atoms with Crippen molar-refractivity contribution in [2.75, 3.05) is 12.4 Å². The molecule has 37 heavy (non-hydrogen) atoms. The summed E-state index contributed by atoms with van der Waals surface area (Å²) in [6.45, 7) is 5.95. The smallest absolute Gasteiger partial charge is 0.479 e. The minimum atomic E-state index is -5.08. The molecule has 4 rings (SSSR count). The third kappa shape index (κ3) is 6.58. The zero-order valence-corrected chi connectivity index (χ0v) is 20.5. The molecule has 3 N–H and O–H groups in total. The monoisotopic (exact) mass is 521 g/mol. The van der Waals surface area contributed by atoms with Crippen molar-refractivity contribution in [1.82, 2.24) is 9.88 Å². The molecule has 3 aromatic rings. The minimum absolute atomic E-state index is 0.151. The van der Waals surface area contributed by atoms with Crippen LogP contribution in [0.5, 0.6) is 5.75 Å². The summed E-state index contributed by atoms with van der Waals surface area (Å²) in [5, 5.41) is 21.1. The number of nitrogens with one attached hydrogen (secondary N) is 1. The first-order valence-corrected chi connectivity index (χ1v) is 11.0. The average Bonchev–Trinajstić information content (AvgIpc) is 3.13. The summed E-state index contributed by atoms with van der Waals surface area (Å²) in [6, 6.07) is 9.63. The molecule has 12 heteroatoms. The number of benzene rings is 1. The summed E-state index contributed by atoms with van der Waals surface area (Å²) in [5.74, 6) is -1.13. The molecule has 3 heterocycles. The highest BCUT2D eigenvalue weighted by Crippen LogP contribution is 2.34. The largest absolute Gasteiger partial charge is 0.490 e. The lowest BCUT2D eigenvalue weighted by molar-refractivity contribution is -0.192. The number of para-hydroxylation sites is 1.